The molecule has 14 aromatic rings. The van der Waals surface area contributed by atoms with E-state index in [0.29, 0.717) is 30.9 Å². The molecular weight excluding hydrogens is 804 g/mol. The van der Waals surface area contributed by atoms with Crippen LogP contribution in [0.2, 0.25) is 20.1 Å². The van der Waals surface area contributed by atoms with Gasteiger partial charge in [-0.1, -0.05) is 156 Å². The molecule has 0 fully saturated rings. The average Bonchev–Trinajstić information content (AvgIpc) is 3.98. The minimum absolute atomic E-state index is 0.265. The highest BCUT2D eigenvalue weighted by Gasteiger charge is 2.28. The molecule has 58 heavy (non-hydrogen) atoms. The second-order valence-electron chi connectivity index (χ2n) is 15.7. The first kappa shape index (κ1) is 32.2. The molecular formula is C52H20Cl4F2. The van der Waals surface area contributed by atoms with Crippen molar-refractivity contribution in [3.63, 3.8) is 0 Å². The van der Waals surface area contributed by atoms with Crippen LogP contribution in [-0.2, 0) is 0 Å². The summed E-state index contributed by atoms with van der Waals surface area (Å²) in [5.74, 6) is -0.530. The Morgan fingerprint density at radius 3 is 0.759 bits per heavy atom. The Morgan fingerprint density at radius 1 is 0.224 bits per heavy atom. The highest BCUT2D eigenvalue weighted by molar-refractivity contribution is 6.59. The van der Waals surface area contributed by atoms with E-state index in [1.807, 2.05) is 48.5 Å². The van der Waals surface area contributed by atoms with Crippen molar-refractivity contribution in [2.45, 2.75) is 0 Å². The lowest BCUT2D eigenvalue weighted by Gasteiger charge is -2.12. The van der Waals surface area contributed by atoms with Gasteiger partial charge in [-0.25, -0.2) is 8.78 Å². The Bertz CT molecular complexity index is 3820. The molecule has 0 aliphatic rings. The molecule has 0 bridgehead atoms. The van der Waals surface area contributed by atoms with E-state index in [4.69, 9.17) is 46.4 Å². The van der Waals surface area contributed by atoms with Gasteiger partial charge >= 0.3 is 0 Å². The van der Waals surface area contributed by atoms with Gasteiger partial charge < -0.3 is 0 Å². The SMILES string of the molecule is Fc1ccc2c3c(Cl)c4c5cccc6c(-c7ccc8c9c(Cl)c%10c%11ccc(F)c%12cccc(c%10c(Cl)c9c9cccc7c98)c%12%11)ccc(c4c(Cl)c3c3cccc1c23)c65. The van der Waals surface area contributed by atoms with Crippen LogP contribution in [0.3, 0.4) is 0 Å². The zero-order chi connectivity index (χ0) is 38.6. The second kappa shape index (κ2) is 10.7. The highest BCUT2D eigenvalue weighted by atomic mass is 35.5. The van der Waals surface area contributed by atoms with Crippen molar-refractivity contribution in [1.29, 1.82) is 0 Å². The first-order chi connectivity index (χ1) is 28.3. The molecule has 0 aromatic heterocycles. The molecule has 0 heterocycles. The van der Waals surface area contributed by atoms with Crippen LogP contribution in [0.5, 0.6) is 0 Å². The van der Waals surface area contributed by atoms with Crippen LogP contribution < -0.4 is 0 Å². The second-order valence-corrected chi connectivity index (χ2v) is 17.2. The molecule has 0 amide bonds. The Balaban J connectivity index is 1.08. The van der Waals surface area contributed by atoms with Crippen LogP contribution in [0.4, 0.5) is 8.78 Å². The molecule has 0 radical (unpaired) electrons. The standard InChI is InChI=1S/C52H20Cl4F2/c53-49-41-27-9-1-5-23-22(14-16-32(37(23)27)46(41)52(56)48-34-18-20-36(58)25-7-3-11-29(39(25)34)43(48)49)21-13-15-31-38-24(21)6-2-10-28(38)42-45(31)51(55)44-30-12-4-8-26-35(57)19-17-33(40(26)30)47(44)50(42)54/h1-20H. The first-order valence-electron chi connectivity index (χ1n) is 19.0. The molecule has 0 N–H and O–H groups in total. The maximum Gasteiger partial charge on any atom is 0.131 e. The van der Waals surface area contributed by atoms with Gasteiger partial charge in [0.1, 0.15) is 11.6 Å². The molecule has 0 unspecified atom stereocenters. The molecule has 14 rings (SSSR count). The van der Waals surface area contributed by atoms with Crippen molar-refractivity contribution in [2.24, 2.45) is 0 Å². The topological polar surface area (TPSA) is 0 Å². The van der Waals surface area contributed by atoms with E-state index < -0.39 is 0 Å². The number of rotatable bonds is 1. The summed E-state index contributed by atoms with van der Waals surface area (Å²) in [6.07, 6.45) is 0. The highest BCUT2D eigenvalue weighted by Crippen LogP contribution is 2.57. The molecule has 0 spiro atoms. The van der Waals surface area contributed by atoms with Crippen LogP contribution in [0.1, 0.15) is 0 Å². The van der Waals surface area contributed by atoms with Crippen molar-refractivity contribution >= 4 is 176 Å². The van der Waals surface area contributed by atoms with Crippen molar-refractivity contribution in [3.8, 4) is 11.1 Å². The van der Waals surface area contributed by atoms with Gasteiger partial charge in [0, 0.05) is 64.6 Å². The maximum absolute atomic E-state index is 15.1. The van der Waals surface area contributed by atoms with Gasteiger partial charge in [-0.3, -0.25) is 0 Å². The molecule has 0 atom stereocenters. The Morgan fingerprint density at radius 2 is 0.448 bits per heavy atom. The van der Waals surface area contributed by atoms with Crippen molar-refractivity contribution < 1.29 is 8.78 Å². The predicted molar refractivity (Wildman–Crippen MR) is 247 cm³/mol. The van der Waals surface area contributed by atoms with E-state index >= 15 is 8.78 Å². The zero-order valence-electron chi connectivity index (χ0n) is 29.8. The van der Waals surface area contributed by atoms with E-state index in [1.165, 1.54) is 12.1 Å². The van der Waals surface area contributed by atoms with Gasteiger partial charge in [0.15, 0.2) is 0 Å². The van der Waals surface area contributed by atoms with Gasteiger partial charge in [-0.15, -0.1) is 0 Å². The summed E-state index contributed by atoms with van der Waals surface area (Å²) in [4.78, 5) is 0. The lowest BCUT2D eigenvalue weighted by atomic mass is 9.91. The van der Waals surface area contributed by atoms with Gasteiger partial charge in [0.05, 0.1) is 20.1 Å². The first-order valence-corrected chi connectivity index (χ1v) is 20.5. The average molecular weight is 825 g/mol. The lowest BCUT2D eigenvalue weighted by Crippen LogP contribution is -1.85. The largest absolute Gasteiger partial charge is 0.206 e. The quantitative estimate of drug-likeness (QED) is 0.155. The minimum Gasteiger partial charge on any atom is -0.206 e. The summed E-state index contributed by atoms with van der Waals surface area (Å²) in [5.41, 5.74) is 2.17. The number of halogens is 6. The zero-order valence-corrected chi connectivity index (χ0v) is 32.8. The van der Waals surface area contributed by atoms with Crippen LogP contribution in [0.15, 0.2) is 121 Å². The van der Waals surface area contributed by atoms with Crippen LogP contribution in [0.25, 0.3) is 140 Å². The van der Waals surface area contributed by atoms with Crippen molar-refractivity contribution in [3.05, 3.63) is 153 Å². The molecule has 270 valence electrons. The summed E-state index contributed by atoms with van der Waals surface area (Å²) in [7, 11) is 0. The molecule has 14 aromatic carbocycles. The van der Waals surface area contributed by atoms with Crippen LogP contribution in [-0.4, -0.2) is 0 Å². The van der Waals surface area contributed by atoms with E-state index in [0.717, 1.165) is 130 Å². The van der Waals surface area contributed by atoms with E-state index in [2.05, 4.69) is 60.7 Å². The summed E-state index contributed by atoms with van der Waals surface area (Å²) >= 11 is 30.0. The summed E-state index contributed by atoms with van der Waals surface area (Å²) in [6, 6.07) is 39.6. The van der Waals surface area contributed by atoms with Crippen LogP contribution in [0, 0.1) is 11.6 Å². The van der Waals surface area contributed by atoms with Gasteiger partial charge in [-0.05, 0) is 87.9 Å². The molecule has 0 saturated carbocycles. The number of hydrogen-bond donors (Lipinski definition) is 0. The Labute approximate surface area is 346 Å². The fourth-order valence-electron chi connectivity index (χ4n) is 11.1. The molecule has 0 nitrogen and oxygen atoms in total. The van der Waals surface area contributed by atoms with Crippen LogP contribution >= 0.6 is 46.4 Å². The fourth-order valence-corrected chi connectivity index (χ4v) is 12.7. The fraction of sp³-hybridized carbons (Fsp3) is 0. The third-order valence-corrected chi connectivity index (χ3v) is 14.8. The van der Waals surface area contributed by atoms with Gasteiger partial charge in [-0.2, -0.15) is 0 Å². The monoisotopic (exact) mass is 822 g/mol. The van der Waals surface area contributed by atoms with Gasteiger partial charge in [0.25, 0.3) is 0 Å². The number of benzene rings is 10. The Kier molecular flexibility index (Phi) is 5.92. The summed E-state index contributed by atoms with van der Waals surface area (Å²) in [5, 5.41) is 24.4. The molecule has 0 saturated heterocycles. The van der Waals surface area contributed by atoms with Crippen molar-refractivity contribution in [2.75, 3.05) is 0 Å². The third kappa shape index (κ3) is 3.52. The van der Waals surface area contributed by atoms with Crippen molar-refractivity contribution in [1.82, 2.24) is 0 Å². The van der Waals surface area contributed by atoms with E-state index in [1.54, 1.807) is 0 Å². The van der Waals surface area contributed by atoms with E-state index in [9.17, 15) is 0 Å². The lowest BCUT2D eigenvalue weighted by molar-refractivity contribution is 0.640. The summed E-state index contributed by atoms with van der Waals surface area (Å²) in [6.45, 7) is 0. The van der Waals surface area contributed by atoms with Gasteiger partial charge in [0.2, 0.25) is 0 Å². The maximum atomic E-state index is 15.1. The summed E-state index contributed by atoms with van der Waals surface area (Å²) < 4.78 is 30.1. The molecule has 0 aliphatic carbocycles. The third-order valence-electron chi connectivity index (χ3n) is 13.3. The van der Waals surface area contributed by atoms with E-state index in [-0.39, 0.29) is 11.6 Å². The minimum atomic E-state index is -0.265. The molecule has 0 aliphatic heterocycles. The normalized spacial score (nSPS) is 13.0. The number of hydrogen-bond acceptors (Lipinski definition) is 0. The molecule has 6 heteroatoms. The Hall–Kier alpha value is -5.74. The number of fused-ring (bicyclic) bond motifs is 12. The smallest absolute Gasteiger partial charge is 0.131 e. The predicted octanol–water partition coefficient (Wildman–Crippen LogP) is 17.8.